The van der Waals surface area contributed by atoms with Crippen LogP contribution in [0.2, 0.25) is 5.28 Å². The molecule has 2 aromatic carbocycles. The highest BCUT2D eigenvalue weighted by atomic mass is 35.5. The molecule has 0 radical (unpaired) electrons. The van der Waals surface area contributed by atoms with Crippen molar-refractivity contribution in [1.29, 1.82) is 0 Å². The van der Waals surface area contributed by atoms with Crippen LogP contribution in [0.5, 0.6) is 0 Å². The van der Waals surface area contributed by atoms with Crippen LogP contribution < -0.4 is 4.90 Å². The van der Waals surface area contributed by atoms with E-state index >= 15 is 0 Å². The fourth-order valence-corrected chi connectivity index (χ4v) is 2.54. The second-order valence-electron chi connectivity index (χ2n) is 4.93. The molecule has 0 unspecified atom stereocenters. The van der Waals surface area contributed by atoms with Gasteiger partial charge in [-0.2, -0.15) is 4.98 Å². The van der Waals surface area contributed by atoms with Crippen molar-refractivity contribution in [2.75, 3.05) is 19.1 Å². The topological polar surface area (TPSA) is 55.3 Å². The summed E-state index contributed by atoms with van der Waals surface area (Å²) in [7, 11) is 3.22. The van der Waals surface area contributed by atoms with Gasteiger partial charge in [0.05, 0.1) is 18.2 Å². The molecule has 0 aliphatic heterocycles. The number of carbonyl (C=O) groups excluding carboxylic acids is 1. The summed E-state index contributed by atoms with van der Waals surface area (Å²) in [6, 6.07) is 14.8. The number of methoxy groups -OCH3 is 1. The van der Waals surface area contributed by atoms with Crippen LogP contribution in [0.4, 0.5) is 11.5 Å². The number of aromatic nitrogens is 2. The van der Waals surface area contributed by atoms with E-state index in [0.717, 1.165) is 16.6 Å². The zero-order valence-electron chi connectivity index (χ0n) is 12.7. The van der Waals surface area contributed by atoms with Gasteiger partial charge in [0, 0.05) is 18.1 Å². The quantitative estimate of drug-likeness (QED) is 0.540. The van der Waals surface area contributed by atoms with Gasteiger partial charge >= 0.3 is 5.97 Å². The monoisotopic (exact) mass is 327 g/mol. The molecule has 5 nitrogen and oxygen atoms in total. The van der Waals surface area contributed by atoms with Gasteiger partial charge in [0.2, 0.25) is 5.28 Å². The molecular weight excluding hydrogens is 314 g/mol. The minimum atomic E-state index is -0.383. The zero-order chi connectivity index (χ0) is 16.4. The van der Waals surface area contributed by atoms with Crippen LogP contribution in [0, 0.1) is 0 Å². The van der Waals surface area contributed by atoms with Crippen LogP contribution >= 0.6 is 11.6 Å². The molecular formula is C17H14ClN3O2. The van der Waals surface area contributed by atoms with E-state index in [4.69, 9.17) is 16.3 Å². The fourth-order valence-electron chi connectivity index (χ4n) is 2.37. The van der Waals surface area contributed by atoms with Crippen LogP contribution in [-0.2, 0) is 4.74 Å². The van der Waals surface area contributed by atoms with Gasteiger partial charge in [0.1, 0.15) is 5.82 Å². The molecule has 23 heavy (non-hydrogen) atoms. The van der Waals surface area contributed by atoms with Crippen LogP contribution in [0.15, 0.2) is 48.5 Å². The highest BCUT2D eigenvalue weighted by molar-refractivity contribution is 6.28. The Morgan fingerprint density at radius 3 is 2.70 bits per heavy atom. The van der Waals surface area contributed by atoms with E-state index in [9.17, 15) is 4.79 Å². The third kappa shape index (κ3) is 2.96. The summed E-state index contributed by atoms with van der Waals surface area (Å²) < 4.78 is 4.76. The number of fused-ring (bicyclic) bond motifs is 1. The maximum absolute atomic E-state index is 11.7. The fraction of sp³-hybridized carbons (Fsp3) is 0.118. The molecule has 0 amide bonds. The Morgan fingerprint density at radius 2 is 1.91 bits per heavy atom. The SMILES string of the molecule is COC(=O)c1cccc(N(C)c2nc(Cl)nc3ccccc23)c1. The first-order valence-corrected chi connectivity index (χ1v) is 7.32. The number of carbonyl (C=O) groups is 1. The van der Waals surface area contributed by atoms with Gasteiger partial charge in [0.25, 0.3) is 0 Å². The third-order valence-corrected chi connectivity index (χ3v) is 3.70. The average molecular weight is 328 g/mol. The molecule has 6 heteroatoms. The van der Waals surface area contributed by atoms with Crippen molar-refractivity contribution in [3.05, 3.63) is 59.4 Å². The van der Waals surface area contributed by atoms with Gasteiger partial charge in [0.15, 0.2) is 0 Å². The van der Waals surface area contributed by atoms with E-state index in [0.29, 0.717) is 11.4 Å². The summed E-state index contributed by atoms with van der Waals surface area (Å²) in [5.74, 6) is 0.286. The molecule has 1 aromatic heterocycles. The molecule has 0 saturated heterocycles. The number of hydrogen-bond donors (Lipinski definition) is 0. The summed E-state index contributed by atoms with van der Waals surface area (Å²) in [6.45, 7) is 0. The Morgan fingerprint density at radius 1 is 1.13 bits per heavy atom. The molecule has 0 saturated carbocycles. The number of para-hydroxylation sites is 1. The van der Waals surface area contributed by atoms with E-state index in [1.165, 1.54) is 7.11 Å². The summed E-state index contributed by atoms with van der Waals surface area (Å²) in [6.07, 6.45) is 0. The molecule has 1 heterocycles. The number of nitrogens with zero attached hydrogens (tertiary/aromatic N) is 3. The largest absolute Gasteiger partial charge is 0.465 e. The maximum atomic E-state index is 11.7. The van der Waals surface area contributed by atoms with Gasteiger partial charge in [-0.25, -0.2) is 9.78 Å². The lowest BCUT2D eigenvalue weighted by Crippen LogP contribution is -2.13. The van der Waals surface area contributed by atoms with Crippen LogP contribution in [0.1, 0.15) is 10.4 Å². The number of halogens is 1. The predicted molar refractivity (Wildman–Crippen MR) is 90.4 cm³/mol. The van der Waals surface area contributed by atoms with Crippen LogP contribution in [0.25, 0.3) is 10.9 Å². The summed E-state index contributed by atoms with van der Waals surface area (Å²) in [5.41, 5.74) is 2.03. The Balaban J connectivity index is 2.10. The van der Waals surface area contributed by atoms with Crippen molar-refractivity contribution in [3.8, 4) is 0 Å². The molecule has 3 aromatic rings. The van der Waals surface area contributed by atoms with E-state index < -0.39 is 0 Å². The second-order valence-corrected chi connectivity index (χ2v) is 5.27. The minimum absolute atomic E-state index is 0.176. The first kappa shape index (κ1) is 15.2. The summed E-state index contributed by atoms with van der Waals surface area (Å²) in [5, 5.41) is 1.05. The number of benzene rings is 2. The summed E-state index contributed by atoms with van der Waals surface area (Å²) >= 11 is 6.04. The van der Waals surface area contributed by atoms with Gasteiger partial charge in [-0.1, -0.05) is 18.2 Å². The van der Waals surface area contributed by atoms with Crippen molar-refractivity contribution in [3.63, 3.8) is 0 Å². The lowest BCUT2D eigenvalue weighted by molar-refractivity contribution is 0.0601. The van der Waals surface area contributed by atoms with Gasteiger partial charge in [-0.3, -0.25) is 0 Å². The predicted octanol–water partition coefficient (Wildman–Crippen LogP) is 3.84. The first-order chi connectivity index (χ1) is 11.1. The standard InChI is InChI=1S/C17H14ClN3O2/c1-21(12-7-5-6-11(10-12)16(22)23-2)15-13-8-3-4-9-14(13)19-17(18)20-15/h3-10H,1-2H3. The molecule has 3 rings (SSSR count). The maximum Gasteiger partial charge on any atom is 0.337 e. The Bertz CT molecular complexity index is 883. The van der Waals surface area contributed by atoms with Crippen molar-refractivity contribution >= 4 is 40.0 Å². The van der Waals surface area contributed by atoms with Crippen molar-refractivity contribution < 1.29 is 9.53 Å². The molecule has 0 bridgehead atoms. The Kier molecular flexibility index (Phi) is 4.12. The molecule has 0 N–H and O–H groups in total. The van der Waals surface area contributed by atoms with E-state index in [2.05, 4.69) is 9.97 Å². The van der Waals surface area contributed by atoms with Crippen molar-refractivity contribution in [2.24, 2.45) is 0 Å². The number of hydrogen-bond acceptors (Lipinski definition) is 5. The van der Waals surface area contributed by atoms with E-state index in [-0.39, 0.29) is 11.3 Å². The number of ether oxygens (including phenoxy) is 1. The van der Waals surface area contributed by atoms with Gasteiger partial charge < -0.3 is 9.64 Å². The molecule has 116 valence electrons. The molecule has 0 atom stereocenters. The first-order valence-electron chi connectivity index (χ1n) is 6.94. The lowest BCUT2D eigenvalue weighted by Gasteiger charge is -2.20. The van der Waals surface area contributed by atoms with Crippen LogP contribution in [-0.4, -0.2) is 30.1 Å². The molecule has 0 spiro atoms. The normalized spacial score (nSPS) is 10.6. The minimum Gasteiger partial charge on any atom is -0.465 e. The summed E-state index contributed by atoms with van der Waals surface area (Å²) in [4.78, 5) is 22.1. The van der Waals surface area contributed by atoms with E-state index in [1.807, 2.05) is 42.3 Å². The molecule has 0 aliphatic rings. The van der Waals surface area contributed by atoms with Gasteiger partial charge in [-0.05, 0) is 41.9 Å². The lowest BCUT2D eigenvalue weighted by atomic mass is 10.1. The van der Waals surface area contributed by atoms with Crippen molar-refractivity contribution in [1.82, 2.24) is 9.97 Å². The van der Waals surface area contributed by atoms with Crippen molar-refractivity contribution in [2.45, 2.75) is 0 Å². The number of esters is 1. The van der Waals surface area contributed by atoms with E-state index in [1.54, 1.807) is 18.2 Å². The molecule has 0 fully saturated rings. The Hall–Kier alpha value is -2.66. The number of anilines is 2. The molecule has 0 aliphatic carbocycles. The zero-order valence-corrected chi connectivity index (χ0v) is 13.4. The average Bonchev–Trinajstić information content (AvgIpc) is 2.59. The Labute approximate surface area is 138 Å². The highest BCUT2D eigenvalue weighted by Gasteiger charge is 2.14. The number of rotatable bonds is 3. The van der Waals surface area contributed by atoms with Crippen LogP contribution in [0.3, 0.4) is 0 Å². The third-order valence-electron chi connectivity index (χ3n) is 3.53. The highest BCUT2D eigenvalue weighted by Crippen LogP contribution is 2.30. The second kappa shape index (κ2) is 6.22. The van der Waals surface area contributed by atoms with Gasteiger partial charge in [-0.15, -0.1) is 0 Å². The smallest absolute Gasteiger partial charge is 0.337 e.